The van der Waals surface area contributed by atoms with Crippen molar-refractivity contribution >= 4 is 25.6 Å². The van der Waals surface area contributed by atoms with Crippen LogP contribution in [0.2, 0.25) is 0 Å². The van der Waals surface area contributed by atoms with Gasteiger partial charge in [-0.15, -0.1) is 0 Å². The zero-order chi connectivity index (χ0) is 16.3. The molecule has 124 valence electrons. The van der Waals surface area contributed by atoms with Crippen molar-refractivity contribution in [3.63, 3.8) is 0 Å². The maximum Gasteiger partial charge on any atom is 0.237 e. The molecule has 8 heteroatoms. The Bertz CT molecular complexity index is 561. The molecule has 0 aromatic rings. The second kappa shape index (κ2) is 7.09. The van der Waals surface area contributed by atoms with E-state index in [4.69, 9.17) is 0 Å². The number of hydrogen-bond donors (Lipinski definition) is 0. The van der Waals surface area contributed by atoms with Crippen LogP contribution in [-0.4, -0.2) is 63.2 Å². The molecule has 0 radical (unpaired) electrons. The summed E-state index contributed by atoms with van der Waals surface area (Å²) in [4.78, 5) is 13.3. The normalized spacial score (nSPS) is 18.6. The fourth-order valence-electron chi connectivity index (χ4n) is 2.48. The highest BCUT2D eigenvalue weighted by molar-refractivity contribution is 7.92. The Kier molecular flexibility index (Phi) is 6.22. The lowest BCUT2D eigenvalue weighted by Gasteiger charge is -2.25. The zero-order valence-electron chi connectivity index (χ0n) is 12.9. The van der Waals surface area contributed by atoms with Crippen LogP contribution < -0.4 is 0 Å². The molecule has 1 aliphatic carbocycles. The lowest BCUT2D eigenvalue weighted by atomic mass is 10.3. The van der Waals surface area contributed by atoms with E-state index in [0.29, 0.717) is 12.8 Å². The van der Waals surface area contributed by atoms with Gasteiger partial charge in [0, 0.05) is 18.8 Å². The van der Waals surface area contributed by atoms with Crippen molar-refractivity contribution in [3.8, 4) is 0 Å². The van der Waals surface area contributed by atoms with E-state index in [2.05, 4.69) is 0 Å². The monoisotopic (exact) mass is 339 g/mol. The van der Waals surface area contributed by atoms with Crippen LogP contribution in [0.3, 0.4) is 0 Å². The van der Waals surface area contributed by atoms with E-state index in [1.807, 2.05) is 0 Å². The van der Waals surface area contributed by atoms with Crippen LogP contribution in [0.5, 0.6) is 0 Å². The third-order valence-electron chi connectivity index (χ3n) is 4.12. The fraction of sp³-hybridized carbons (Fsp3) is 0.923. The second-order valence-electron chi connectivity index (χ2n) is 5.77. The maximum absolute atomic E-state index is 12.1. The van der Waals surface area contributed by atoms with Crippen LogP contribution in [0.25, 0.3) is 0 Å². The molecule has 0 N–H and O–H groups in total. The highest BCUT2D eigenvalue weighted by atomic mass is 32.2. The van der Waals surface area contributed by atoms with Crippen molar-refractivity contribution < 1.29 is 21.6 Å². The Morgan fingerprint density at radius 3 is 2.19 bits per heavy atom. The summed E-state index contributed by atoms with van der Waals surface area (Å²) < 4.78 is 47.4. The molecule has 0 aromatic heterocycles. The van der Waals surface area contributed by atoms with Gasteiger partial charge in [0.15, 0.2) is 19.7 Å². The van der Waals surface area contributed by atoms with Crippen molar-refractivity contribution in [2.75, 3.05) is 24.3 Å². The first-order valence-corrected chi connectivity index (χ1v) is 10.8. The van der Waals surface area contributed by atoms with E-state index in [1.54, 1.807) is 13.8 Å². The van der Waals surface area contributed by atoms with Gasteiger partial charge in [-0.2, -0.15) is 0 Å². The molecule has 0 aromatic carbocycles. The third-order valence-corrected chi connectivity index (χ3v) is 8.13. The van der Waals surface area contributed by atoms with Gasteiger partial charge in [0.25, 0.3) is 0 Å². The Hall–Kier alpha value is -0.630. The minimum atomic E-state index is -3.43. The van der Waals surface area contributed by atoms with Gasteiger partial charge in [0.05, 0.1) is 11.0 Å². The molecule has 21 heavy (non-hydrogen) atoms. The molecule has 1 atom stereocenters. The van der Waals surface area contributed by atoms with E-state index >= 15 is 0 Å². The fourth-order valence-corrected chi connectivity index (χ4v) is 5.51. The van der Waals surface area contributed by atoms with Crippen molar-refractivity contribution in [2.45, 2.75) is 50.8 Å². The quantitative estimate of drug-likeness (QED) is 0.678. The Balaban J connectivity index is 2.66. The molecule has 0 saturated heterocycles. The molecule has 0 unspecified atom stereocenters. The standard InChI is InChI=1S/C13H25NO5S2/c1-4-20(16,17)9-11(2)14(3)13(15)10-21(18,19)12-7-5-6-8-12/h11-12H,4-10H2,1-3H3/t11-/m1/s1. The average molecular weight is 339 g/mol. The molecule has 1 saturated carbocycles. The van der Waals surface area contributed by atoms with Gasteiger partial charge in [-0.3, -0.25) is 4.79 Å². The first-order valence-electron chi connectivity index (χ1n) is 7.26. The number of sulfone groups is 2. The summed E-state index contributed by atoms with van der Waals surface area (Å²) >= 11 is 0. The van der Waals surface area contributed by atoms with Crippen molar-refractivity contribution in [1.82, 2.24) is 4.90 Å². The smallest absolute Gasteiger partial charge is 0.237 e. The molecule has 0 heterocycles. The van der Waals surface area contributed by atoms with Gasteiger partial charge in [-0.1, -0.05) is 19.8 Å². The summed E-state index contributed by atoms with van der Waals surface area (Å²) in [5.41, 5.74) is 0. The number of nitrogens with zero attached hydrogens (tertiary/aromatic N) is 1. The number of hydrogen-bond acceptors (Lipinski definition) is 5. The van der Waals surface area contributed by atoms with Gasteiger partial charge >= 0.3 is 0 Å². The van der Waals surface area contributed by atoms with Crippen LogP contribution >= 0.6 is 0 Å². The van der Waals surface area contributed by atoms with Crippen molar-refractivity contribution in [1.29, 1.82) is 0 Å². The van der Waals surface area contributed by atoms with Crippen molar-refractivity contribution in [2.24, 2.45) is 0 Å². The van der Waals surface area contributed by atoms with E-state index in [1.165, 1.54) is 11.9 Å². The molecule has 1 aliphatic rings. The molecular formula is C13H25NO5S2. The number of rotatable bonds is 7. The molecule has 1 rings (SSSR count). The van der Waals surface area contributed by atoms with Crippen LogP contribution in [0, 0.1) is 0 Å². The summed E-state index contributed by atoms with van der Waals surface area (Å²) in [5.74, 6) is -1.18. The van der Waals surface area contributed by atoms with Gasteiger partial charge < -0.3 is 4.90 Å². The third kappa shape index (κ3) is 5.25. The summed E-state index contributed by atoms with van der Waals surface area (Å²) in [5, 5.41) is -0.412. The lowest BCUT2D eigenvalue weighted by Crippen LogP contribution is -2.43. The van der Waals surface area contributed by atoms with Crippen LogP contribution in [-0.2, 0) is 24.5 Å². The van der Waals surface area contributed by atoms with Gasteiger partial charge in [-0.05, 0) is 19.8 Å². The predicted octanol–water partition coefficient (Wildman–Crippen LogP) is 0.625. The first kappa shape index (κ1) is 18.4. The Morgan fingerprint density at radius 1 is 1.19 bits per heavy atom. The molecule has 1 fully saturated rings. The summed E-state index contributed by atoms with van der Waals surface area (Å²) in [7, 11) is -5.17. The van der Waals surface area contributed by atoms with E-state index in [-0.39, 0.29) is 11.5 Å². The number of amides is 1. The summed E-state index contributed by atoms with van der Waals surface area (Å²) in [6, 6.07) is -0.527. The van der Waals surface area contributed by atoms with Crippen LogP contribution in [0.1, 0.15) is 39.5 Å². The SMILES string of the molecule is CCS(=O)(=O)C[C@@H](C)N(C)C(=O)CS(=O)(=O)C1CCCC1. The topological polar surface area (TPSA) is 88.6 Å². The molecule has 0 bridgehead atoms. The van der Waals surface area contributed by atoms with E-state index in [0.717, 1.165) is 12.8 Å². The number of carbonyl (C=O) groups excluding carboxylic acids is 1. The van der Waals surface area contributed by atoms with Crippen LogP contribution in [0.4, 0.5) is 0 Å². The van der Waals surface area contributed by atoms with Crippen LogP contribution in [0.15, 0.2) is 0 Å². The van der Waals surface area contributed by atoms with Crippen molar-refractivity contribution in [3.05, 3.63) is 0 Å². The lowest BCUT2D eigenvalue weighted by molar-refractivity contribution is -0.128. The van der Waals surface area contributed by atoms with E-state index < -0.39 is 42.6 Å². The predicted molar refractivity (Wildman–Crippen MR) is 82.6 cm³/mol. The second-order valence-corrected chi connectivity index (χ2v) is 10.4. The van der Waals surface area contributed by atoms with Gasteiger partial charge in [0.1, 0.15) is 5.75 Å². The highest BCUT2D eigenvalue weighted by Gasteiger charge is 2.32. The largest absolute Gasteiger partial charge is 0.341 e. The minimum absolute atomic E-state index is 0.0136. The molecule has 1 amide bonds. The average Bonchev–Trinajstić information content (AvgIpc) is 2.91. The minimum Gasteiger partial charge on any atom is -0.341 e. The molecule has 0 spiro atoms. The molecular weight excluding hydrogens is 314 g/mol. The highest BCUT2D eigenvalue weighted by Crippen LogP contribution is 2.25. The molecule has 6 nitrogen and oxygen atoms in total. The summed E-state index contributed by atoms with van der Waals surface area (Å²) in [6.45, 7) is 3.17. The first-order chi connectivity index (χ1) is 9.59. The Morgan fingerprint density at radius 2 is 1.71 bits per heavy atom. The number of carbonyl (C=O) groups is 1. The maximum atomic E-state index is 12.1. The molecule has 0 aliphatic heterocycles. The summed E-state index contributed by atoms with van der Waals surface area (Å²) in [6.07, 6.45) is 3.02. The Labute approximate surface area is 127 Å². The zero-order valence-corrected chi connectivity index (χ0v) is 14.5. The van der Waals surface area contributed by atoms with E-state index in [9.17, 15) is 21.6 Å². The van der Waals surface area contributed by atoms with Gasteiger partial charge in [0.2, 0.25) is 5.91 Å². The van der Waals surface area contributed by atoms with Gasteiger partial charge in [-0.25, -0.2) is 16.8 Å².